The maximum absolute atomic E-state index is 11.4. The van der Waals surface area contributed by atoms with Crippen molar-refractivity contribution in [1.29, 1.82) is 0 Å². The van der Waals surface area contributed by atoms with E-state index in [4.69, 9.17) is 9.26 Å². The Kier molecular flexibility index (Phi) is 4.94. The van der Waals surface area contributed by atoms with Crippen LogP contribution in [0, 0.1) is 6.92 Å². The molecule has 25 heavy (non-hydrogen) atoms. The van der Waals surface area contributed by atoms with E-state index in [0.29, 0.717) is 11.6 Å². The Morgan fingerprint density at radius 2 is 1.92 bits per heavy atom. The molecule has 0 radical (unpaired) electrons. The molecule has 0 saturated carbocycles. The van der Waals surface area contributed by atoms with Crippen molar-refractivity contribution in [3.8, 4) is 17.1 Å². The summed E-state index contributed by atoms with van der Waals surface area (Å²) >= 11 is 0. The number of aliphatic carboxylic acids is 1. The number of nitrogens with zero attached hydrogens (tertiary/aromatic N) is 2. The third-order valence-corrected chi connectivity index (χ3v) is 3.47. The fraction of sp³-hybridized carbons (Fsp3) is 0.167. The minimum absolute atomic E-state index is 0.0141. The van der Waals surface area contributed by atoms with Crippen molar-refractivity contribution in [2.75, 3.05) is 11.9 Å². The third kappa shape index (κ3) is 4.35. The second-order valence-electron chi connectivity index (χ2n) is 5.43. The molecule has 0 aliphatic heterocycles. The highest BCUT2D eigenvalue weighted by Gasteiger charge is 2.20. The molecule has 0 aliphatic carbocycles. The van der Waals surface area contributed by atoms with E-state index in [2.05, 4.69) is 15.5 Å². The van der Waals surface area contributed by atoms with Crippen molar-refractivity contribution in [2.45, 2.75) is 13.0 Å². The van der Waals surface area contributed by atoms with Crippen LogP contribution in [-0.2, 0) is 4.79 Å². The van der Waals surface area contributed by atoms with E-state index in [1.165, 1.54) is 0 Å². The van der Waals surface area contributed by atoms with Crippen LogP contribution < -0.4 is 10.1 Å². The number of carbonyl (C=O) groups is 1. The van der Waals surface area contributed by atoms with Crippen LogP contribution in [0.1, 0.15) is 5.56 Å². The van der Waals surface area contributed by atoms with Gasteiger partial charge in [-0.3, -0.25) is 0 Å². The number of anilines is 1. The zero-order chi connectivity index (χ0) is 17.6. The van der Waals surface area contributed by atoms with Crippen LogP contribution >= 0.6 is 0 Å². The molecule has 1 heterocycles. The van der Waals surface area contributed by atoms with E-state index in [0.717, 1.165) is 11.1 Å². The molecule has 0 saturated heterocycles. The van der Waals surface area contributed by atoms with Crippen molar-refractivity contribution >= 4 is 12.0 Å². The predicted molar refractivity (Wildman–Crippen MR) is 91.5 cm³/mol. The second kappa shape index (κ2) is 7.48. The largest absolute Gasteiger partial charge is 0.478 e. The van der Waals surface area contributed by atoms with Crippen molar-refractivity contribution in [3.63, 3.8) is 0 Å². The van der Waals surface area contributed by atoms with Gasteiger partial charge in [0.05, 0.1) is 6.54 Å². The molecule has 0 bridgehead atoms. The van der Waals surface area contributed by atoms with Gasteiger partial charge >= 0.3 is 12.0 Å². The molecule has 0 aliphatic rings. The van der Waals surface area contributed by atoms with Gasteiger partial charge in [-0.05, 0) is 19.1 Å². The summed E-state index contributed by atoms with van der Waals surface area (Å²) in [6.07, 6.45) is -1.09. The number of hydrogen-bond acceptors (Lipinski definition) is 6. The summed E-state index contributed by atoms with van der Waals surface area (Å²) in [6.45, 7) is 1.98. The van der Waals surface area contributed by atoms with Crippen LogP contribution in [0.3, 0.4) is 0 Å². The minimum atomic E-state index is -1.09. The fourth-order valence-electron chi connectivity index (χ4n) is 2.14. The van der Waals surface area contributed by atoms with Gasteiger partial charge in [0.1, 0.15) is 5.75 Å². The average molecular weight is 339 g/mol. The van der Waals surface area contributed by atoms with E-state index >= 15 is 0 Å². The van der Waals surface area contributed by atoms with Gasteiger partial charge in [-0.2, -0.15) is 4.98 Å². The van der Waals surface area contributed by atoms with Crippen LogP contribution in [0.4, 0.5) is 6.01 Å². The van der Waals surface area contributed by atoms with Crippen molar-refractivity contribution in [3.05, 3.63) is 60.2 Å². The molecule has 0 amide bonds. The molecule has 0 spiro atoms. The predicted octanol–water partition coefficient (Wildman–Crippen LogP) is 2.99. The molecule has 0 unspecified atom stereocenters. The summed E-state index contributed by atoms with van der Waals surface area (Å²) in [6, 6.07) is 16.6. The van der Waals surface area contributed by atoms with Crippen LogP contribution in [0.25, 0.3) is 11.4 Å². The minimum Gasteiger partial charge on any atom is -0.478 e. The van der Waals surface area contributed by atoms with Gasteiger partial charge < -0.3 is 19.7 Å². The normalized spacial score (nSPS) is 11.7. The maximum atomic E-state index is 11.4. The van der Waals surface area contributed by atoms with Gasteiger partial charge in [-0.25, -0.2) is 4.79 Å². The Bertz CT molecular complexity index is 831. The van der Waals surface area contributed by atoms with E-state index in [1.807, 2.05) is 37.3 Å². The standard InChI is InChI=1S/C18H17N3O4/c1-12-7-9-13(10-8-12)16-20-18(25-21-16)19-11-15(17(22)23)24-14-5-3-2-4-6-14/h2-10,15H,11H2,1H3,(H,22,23)(H,19,20,21)/t15-/m1/s1. The number of carboxylic acid groups (broad SMARTS) is 1. The summed E-state index contributed by atoms with van der Waals surface area (Å²) in [5.41, 5.74) is 1.95. The summed E-state index contributed by atoms with van der Waals surface area (Å²) in [7, 11) is 0. The molecular formula is C18H17N3O4. The van der Waals surface area contributed by atoms with Crippen molar-refractivity contribution < 1.29 is 19.2 Å². The quantitative estimate of drug-likeness (QED) is 0.683. The molecule has 2 N–H and O–H groups in total. The molecular weight excluding hydrogens is 322 g/mol. The first-order valence-electron chi connectivity index (χ1n) is 7.71. The molecule has 7 heteroatoms. The SMILES string of the molecule is Cc1ccc(-c2noc(NC[C@@H](Oc3ccccc3)C(=O)O)n2)cc1. The Labute approximate surface area is 144 Å². The van der Waals surface area contributed by atoms with Crippen LogP contribution in [0.5, 0.6) is 5.75 Å². The summed E-state index contributed by atoms with van der Waals surface area (Å²) in [5, 5.41) is 16.0. The lowest BCUT2D eigenvalue weighted by atomic mass is 10.1. The average Bonchev–Trinajstić information content (AvgIpc) is 3.09. The first-order valence-corrected chi connectivity index (χ1v) is 7.71. The highest BCUT2D eigenvalue weighted by molar-refractivity contribution is 5.73. The Balaban J connectivity index is 1.63. The zero-order valence-electron chi connectivity index (χ0n) is 13.5. The van der Waals surface area contributed by atoms with E-state index in [-0.39, 0.29) is 12.6 Å². The lowest BCUT2D eigenvalue weighted by Crippen LogP contribution is -2.34. The molecule has 2 aromatic carbocycles. The number of ether oxygens (including phenoxy) is 1. The number of aromatic nitrogens is 2. The van der Waals surface area contributed by atoms with Gasteiger partial charge in [-0.1, -0.05) is 53.2 Å². The van der Waals surface area contributed by atoms with Gasteiger partial charge in [0.15, 0.2) is 0 Å². The Morgan fingerprint density at radius 3 is 2.60 bits per heavy atom. The highest BCUT2D eigenvalue weighted by atomic mass is 16.5. The number of benzene rings is 2. The van der Waals surface area contributed by atoms with Crippen molar-refractivity contribution in [1.82, 2.24) is 10.1 Å². The van der Waals surface area contributed by atoms with Crippen LogP contribution in [0.2, 0.25) is 0 Å². The van der Waals surface area contributed by atoms with E-state index in [1.54, 1.807) is 24.3 Å². The van der Waals surface area contributed by atoms with Crippen LogP contribution in [0.15, 0.2) is 59.1 Å². The first kappa shape index (κ1) is 16.5. The summed E-state index contributed by atoms with van der Waals surface area (Å²) in [4.78, 5) is 15.6. The molecule has 0 fully saturated rings. The Hall–Kier alpha value is -3.35. The highest BCUT2D eigenvalue weighted by Crippen LogP contribution is 2.18. The number of para-hydroxylation sites is 1. The number of carboxylic acids is 1. The first-order chi connectivity index (χ1) is 12.1. The summed E-state index contributed by atoms with van der Waals surface area (Å²) < 4.78 is 10.6. The fourth-order valence-corrected chi connectivity index (χ4v) is 2.14. The van der Waals surface area contributed by atoms with Gasteiger partial charge in [-0.15, -0.1) is 0 Å². The topological polar surface area (TPSA) is 97.5 Å². The molecule has 1 atom stereocenters. The lowest BCUT2D eigenvalue weighted by molar-refractivity contribution is -0.144. The van der Waals surface area contributed by atoms with Gasteiger partial charge in [0, 0.05) is 5.56 Å². The lowest BCUT2D eigenvalue weighted by Gasteiger charge is -2.14. The smallest absolute Gasteiger partial charge is 0.346 e. The van der Waals surface area contributed by atoms with Gasteiger partial charge in [0.2, 0.25) is 11.9 Å². The molecule has 128 valence electrons. The molecule has 7 nitrogen and oxygen atoms in total. The second-order valence-corrected chi connectivity index (χ2v) is 5.43. The zero-order valence-corrected chi connectivity index (χ0v) is 13.5. The van der Waals surface area contributed by atoms with Crippen molar-refractivity contribution in [2.24, 2.45) is 0 Å². The third-order valence-electron chi connectivity index (χ3n) is 3.47. The van der Waals surface area contributed by atoms with E-state index in [9.17, 15) is 9.90 Å². The van der Waals surface area contributed by atoms with Gasteiger partial charge in [0.25, 0.3) is 0 Å². The number of aryl methyl sites for hydroxylation is 1. The summed E-state index contributed by atoms with van der Waals surface area (Å²) in [5.74, 6) is -0.185. The molecule has 3 aromatic rings. The van der Waals surface area contributed by atoms with E-state index < -0.39 is 12.1 Å². The number of hydrogen-bond donors (Lipinski definition) is 2. The number of nitrogens with one attached hydrogen (secondary N) is 1. The molecule has 3 rings (SSSR count). The monoisotopic (exact) mass is 339 g/mol. The molecule has 1 aromatic heterocycles. The van der Waals surface area contributed by atoms with Crippen LogP contribution in [-0.4, -0.2) is 33.9 Å². The Morgan fingerprint density at radius 1 is 1.20 bits per heavy atom. The maximum Gasteiger partial charge on any atom is 0.346 e. The number of rotatable bonds is 7.